The molecule has 6 rings (SSSR count). The van der Waals surface area contributed by atoms with Gasteiger partial charge in [-0.3, -0.25) is 9.69 Å². The monoisotopic (exact) mass is 760 g/mol. The van der Waals surface area contributed by atoms with Crippen molar-refractivity contribution in [3.63, 3.8) is 0 Å². The maximum atomic E-state index is 14.3. The molecule has 3 aromatic rings. The molecule has 2 aromatic carbocycles. The Hall–Kier alpha value is -3.59. The van der Waals surface area contributed by atoms with Crippen LogP contribution in [0.15, 0.2) is 36.5 Å². The smallest absolute Gasteiger partial charge is 0.421 e. The van der Waals surface area contributed by atoms with Crippen LogP contribution in [0.5, 0.6) is 5.75 Å². The van der Waals surface area contributed by atoms with Crippen LogP contribution in [0, 0.1) is 0 Å². The van der Waals surface area contributed by atoms with Gasteiger partial charge in [-0.2, -0.15) is 32.1 Å². The third-order valence-electron chi connectivity index (χ3n) is 10.4. The molecule has 16 heteroatoms. The second-order valence-corrected chi connectivity index (χ2v) is 16.0. The van der Waals surface area contributed by atoms with Gasteiger partial charge in [-0.25, -0.2) is 4.98 Å². The second-order valence-electron chi connectivity index (χ2n) is 13.9. The van der Waals surface area contributed by atoms with E-state index in [9.17, 15) is 22.9 Å². The molecule has 0 atom stereocenters. The first-order chi connectivity index (χ1) is 25.3. The van der Waals surface area contributed by atoms with Gasteiger partial charge < -0.3 is 25.2 Å². The lowest BCUT2D eigenvalue weighted by atomic mass is 9.78. The van der Waals surface area contributed by atoms with Crippen LogP contribution >= 0.6 is 7.94 Å². The number of piperazine rings is 1. The minimum atomic E-state index is -4.77. The highest BCUT2D eigenvalue weighted by atomic mass is 31.2. The predicted octanol–water partition coefficient (Wildman–Crippen LogP) is 7.18. The minimum Gasteiger partial charge on any atom is -0.495 e. The molecule has 2 fully saturated rings. The largest absolute Gasteiger partial charge is 0.495 e. The van der Waals surface area contributed by atoms with E-state index >= 15 is 0 Å². The topological polar surface area (TPSA) is 125 Å². The fourth-order valence-corrected chi connectivity index (χ4v) is 9.42. The Kier molecular flexibility index (Phi) is 12.1. The molecule has 53 heavy (non-hydrogen) atoms. The first kappa shape index (κ1) is 39.1. The van der Waals surface area contributed by atoms with Gasteiger partial charge in [0, 0.05) is 57.6 Å². The van der Waals surface area contributed by atoms with Crippen molar-refractivity contribution in [3.05, 3.63) is 64.3 Å². The van der Waals surface area contributed by atoms with Crippen molar-refractivity contribution in [2.75, 3.05) is 71.2 Å². The molecule has 3 aliphatic rings. The molecule has 288 valence electrons. The number of ether oxygens (including phenoxy) is 1. The Morgan fingerprint density at radius 2 is 1.64 bits per heavy atom. The molecule has 1 saturated carbocycles. The average molecular weight is 761 g/mol. The number of rotatable bonds is 13. The first-order valence-electron chi connectivity index (χ1n) is 18.2. The summed E-state index contributed by atoms with van der Waals surface area (Å²) in [6.45, 7) is 8.80. The third-order valence-corrected chi connectivity index (χ3v) is 12.5. The van der Waals surface area contributed by atoms with Crippen molar-refractivity contribution in [1.29, 1.82) is 0 Å². The summed E-state index contributed by atoms with van der Waals surface area (Å²) in [4.78, 5) is 39.2. The summed E-state index contributed by atoms with van der Waals surface area (Å²) in [5, 5.41) is 5.84. The number of amides is 1. The molecule has 0 spiro atoms. The highest BCUT2D eigenvalue weighted by Crippen LogP contribution is 2.60. The number of fused-ring (bicyclic) bond motifs is 1. The van der Waals surface area contributed by atoms with Gasteiger partial charge in [0.15, 0.2) is 6.16 Å². The van der Waals surface area contributed by atoms with Crippen LogP contribution in [0.1, 0.15) is 78.1 Å². The van der Waals surface area contributed by atoms with Crippen molar-refractivity contribution in [1.82, 2.24) is 24.7 Å². The average Bonchev–Trinajstić information content (AvgIpc) is 3.43. The van der Waals surface area contributed by atoms with Crippen molar-refractivity contribution >= 4 is 37.0 Å². The number of hydrogen-bond donors (Lipinski definition) is 3. The molecular weight excluding hydrogens is 710 g/mol. The van der Waals surface area contributed by atoms with E-state index in [0.717, 1.165) is 63.0 Å². The maximum absolute atomic E-state index is 14.3. The van der Waals surface area contributed by atoms with E-state index in [1.807, 2.05) is 6.07 Å². The lowest BCUT2D eigenvalue weighted by molar-refractivity contribution is -0.137. The maximum Gasteiger partial charge on any atom is 0.421 e. The predicted molar refractivity (Wildman–Crippen MR) is 199 cm³/mol. The first-order valence-corrected chi connectivity index (χ1v) is 20.0. The van der Waals surface area contributed by atoms with Crippen LogP contribution in [0.2, 0.25) is 0 Å². The number of carbonyl (C=O) groups excluding carboxylic acids is 1. The normalized spacial score (nSPS) is 20.1. The Balaban J connectivity index is 1.24. The van der Waals surface area contributed by atoms with E-state index in [4.69, 9.17) is 13.8 Å². The van der Waals surface area contributed by atoms with Gasteiger partial charge in [-0.15, -0.1) is 0 Å². The molecule has 2 aliphatic heterocycles. The number of alkyl halides is 3. The molecule has 3 N–H and O–H groups in total. The number of halogens is 3. The zero-order valence-corrected chi connectivity index (χ0v) is 31.9. The van der Waals surface area contributed by atoms with Gasteiger partial charge in [-0.1, -0.05) is 12.1 Å². The van der Waals surface area contributed by atoms with Crippen molar-refractivity contribution in [2.45, 2.75) is 70.4 Å². The summed E-state index contributed by atoms with van der Waals surface area (Å²) in [5.74, 6) is -0.229. The number of carbonyl (C=O) groups is 1. The summed E-state index contributed by atoms with van der Waals surface area (Å²) in [7, 11) is 2.18. The van der Waals surface area contributed by atoms with E-state index in [1.165, 1.54) is 7.11 Å². The second kappa shape index (κ2) is 16.4. The van der Waals surface area contributed by atoms with E-state index in [0.29, 0.717) is 41.3 Å². The van der Waals surface area contributed by atoms with Crippen LogP contribution in [-0.2, 0) is 27.9 Å². The quantitative estimate of drug-likeness (QED) is 0.154. The van der Waals surface area contributed by atoms with Gasteiger partial charge in [0.25, 0.3) is 5.91 Å². The SMILES string of the molecule is CCO[P+](O)(Cc1ccc(Nc2ncc(C(F)(F)F)c(Nc3ccc(C4CCC(N5CCN(C)CC5)CC4)c4c3C(=O)N(C)C4)n2)c(OC)c1)OCC. The molecule has 0 unspecified atom stereocenters. The minimum absolute atomic E-state index is 0.116. The summed E-state index contributed by atoms with van der Waals surface area (Å²) in [6.07, 6.45) is 0.220. The molecule has 1 amide bonds. The van der Waals surface area contributed by atoms with Crippen LogP contribution in [0.3, 0.4) is 0 Å². The number of anilines is 4. The number of nitrogens with one attached hydrogen (secondary N) is 2. The summed E-state index contributed by atoms with van der Waals surface area (Å²) < 4.78 is 59.6. The Morgan fingerprint density at radius 1 is 0.962 bits per heavy atom. The Bertz CT molecular complexity index is 1760. The molecular formula is C37H50F3N7O5P+. The van der Waals surface area contributed by atoms with Gasteiger partial charge in [0.1, 0.15) is 17.1 Å². The lowest BCUT2D eigenvalue weighted by Crippen LogP contribution is -2.49. The van der Waals surface area contributed by atoms with Crippen molar-refractivity contribution in [3.8, 4) is 5.75 Å². The summed E-state index contributed by atoms with van der Waals surface area (Å²) in [6, 6.07) is 9.30. The molecule has 12 nitrogen and oxygen atoms in total. The number of likely N-dealkylation sites (N-methyl/N-ethyl adjacent to an activating group) is 1. The van der Waals surface area contributed by atoms with Crippen LogP contribution in [0.4, 0.5) is 36.3 Å². The molecule has 0 bridgehead atoms. The Morgan fingerprint density at radius 3 is 2.28 bits per heavy atom. The Labute approximate surface area is 309 Å². The standard InChI is InChI=1S/C37H49F3N7O5P/c1-6-51-53(49,52-7-2)23-24-8-14-30(32(20-24)50-5)43-36-41-21-29(37(38,39)40)34(44-36)42-31-15-13-27(28-22-46(4)35(48)33(28)31)25-9-11-26(12-10-25)47-18-16-45(3)17-19-47/h8,13-15,20-21,25-26,49H,6-7,9-12,16-19,22-23H2,1-5H3,(H-,41,42,43,44,48)/p+1. The van der Waals surface area contributed by atoms with Gasteiger partial charge >= 0.3 is 14.1 Å². The van der Waals surface area contributed by atoms with Crippen molar-refractivity contribution in [2.24, 2.45) is 0 Å². The van der Waals surface area contributed by atoms with Crippen LogP contribution in [-0.4, -0.2) is 102 Å². The van der Waals surface area contributed by atoms with Crippen LogP contribution < -0.4 is 15.4 Å². The van der Waals surface area contributed by atoms with E-state index in [1.54, 1.807) is 50.1 Å². The van der Waals surface area contributed by atoms with Gasteiger partial charge in [0.05, 0.1) is 37.3 Å². The highest BCUT2D eigenvalue weighted by molar-refractivity contribution is 7.59. The van der Waals surface area contributed by atoms with E-state index in [2.05, 4.69) is 37.4 Å². The molecule has 1 aliphatic carbocycles. The number of benzene rings is 2. The molecule has 1 saturated heterocycles. The van der Waals surface area contributed by atoms with E-state index in [-0.39, 0.29) is 42.8 Å². The number of hydrogen-bond acceptors (Lipinski definition) is 11. The zero-order valence-electron chi connectivity index (χ0n) is 31.0. The number of methoxy groups -OCH3 is 1. The van der Waals surface area contributed by atoms with Crippen LogP contribution in [0.25, 0.3) is 0 Å². The number of aromatic nitrogens is 2. The van der Waals surface area contributed by atoms with E-state index < -0.39 is 25.5 Å². The zero-order chi connectivity index (χ0) is 37.9. The molecule has 1 aromatic heterocycles. The van der Waals surface area contributed by atoms with Gasteiger partial charge in [-0.05, 0) is 81.8 Å². The lowest BCUT2D eigenvalue weighted by Gasteiger charge is -2.41. The summed E-state index contributed by atoms with van der Waals surface area (Å²) in [5.41, 5.74) is 2.60. The summed E-state index contributed by atoms with van der Waals surface area (Å²) >= 11 is 0. The number of nitrogens with zero attached hydrogens (tertiary/aromatic N) is 5. The molecule has 3 heterocycles. The molecule has 0 radical (unpaired) electrons. The highest BCUT2D eigenvalue weighted by Gasteiger charge is 2.41. The fraction of sp³-hybridized carbons (Fsp3) is 0.541. The fourth-order valence-electron chi connectivity index (χ4n) is 7.70. The van der Waals surface area contributed by atoms with Gasteiger partial charge in [0.2, 0.25) is 5.95 Å². The third kappa shape index (κ3) is 8.87. The van der Waals surface area contributed by atoms with Crippen molar-refractivity contribution < 1.29 is 36.6 Å².